The van der Waals surface area contributed by atoms with Crippen molar-refractivity contribution in [2.75, 3.05) is 32.2 Å². The van der Waals surface area contributed by atoms with Crippen LogP contribution >= 0.6 is 0 Å². The molecule has 0 radical (unpaired) electrons. The Bertz CT molecular complexity index is 348. The summed E-state index contributed by atoms with van der Waals surface area (Å²) in [4.78, 5) is 3.65. The molecule has 0 saturated heterocycles. The topological polar surface area (TPSA) is 43.4 Å². The monoisotopic (exact) mass is 232 g/mol. The minimum absolute atomic E-state index is 0.0483. The molecule has 1 aromatic rings. The van der Waals surface area contributed by atoms with Crippen LogP contribution in [0.2, 0.25) is 0 Å². The third-order valence-corrected chi connectivity index (χ3v) is 1.80. The molecule has 0 saturated carbocycles. The van der Waals surface area contributed by atoms with Crippen LogP contribution in [-0.4, -0.2) is 31.9 Å². The number of anilines is 1. The van der Waals surface area contributed by atoms with Crippen LogP contribution in [0.25, 0.3) is 0 Å². The van der Waals surface area contributed by atoms with Crippen LogP contribution in [0.5, 0.6) is 5.88 Å². The standard InChI is InChI=1S/C10H14F2N2O2/c1-3-15-4-5-16-10-8(12)6-7(11)9(13-2)14-10/h6H,3-5H2,1-2H3,(H,13,14). The highest BCUT2D eigenvalue weighted by Crippen LogP contribution is 2.20. The summed E-state index contributed by atoms with van der Waals surface area (Å²) in [6.45, 7) is 2.91. The molecule has 0 aromatic carbocycles. The molecule has 6 heteroatoms. The van der Waals surface area contributed by atoms with E-state index >= 15 is 0 Å². The van der Waals surface area contributed by atoms with E-state index in [1.807, 2.05) is 6.92 Å². The van der Waals surface area contributed by atoms with Crippen molar-refractivity contribution in [3.63, 3.8) is 0 Å². The van der Waals surface area contributed by atoms with Gasteiger partial charge in [-0.25, -0.2) is 8.78 Å². The number of hydrogen-bond acceptors (Lipinski definition) is 4. The van der Waals surface area contributed by atoms with E-state index in [0.717, 1.165) is 6.07 Å². The molecule has 0 aliphatic carbocycles. The van der Waals surface area contributed by atoms with Crippen molar-refractivity contribution in [3.05, 3.63) is 17.7 Å². The Morgan fingerprint density at radius 2 is 2.06 bits per heavy atom. The maximum Gasteiger partial charge on any atom is 0.252 e. The van der Waals surface area contributed by atoms with Crippen LogP contribution in [0.15, 0.2) is 6.07 Å². The summed E-state index contributed by atoms with van der Waals surface area (Å²) in [5.74, 6) is -1.86. The Morgan fingerprint density at radius 1 is 1.31 bits per heavy atom. The third-order valence-electron chi connectivity index (χ3n) is 1.80. The van der Waals surface area contributed by atoms with Crippen LogP contribution < -0.4 is 10.1 Å². The predicted octanol–water partition coefficient (Wildman–Crippen LogP) is 1.82. The summed E-state index contributed by atoms with van der Waals surface area (Å²) < 4.78 is 36.2. The Kier molecular flexibility index (Phi) is 4.91. The Morgan fingerprint density at radius 3 is 2.69 bits per heavy atom. The summed E-state index contributed by atoms with van der Waals surface area (Å²) in [7, 11) is 1.49. The molecule has 0 unspecified atom stereocenters. The van der Waals surface area contributed by atoms with Crippen molar-refractivity contribution < 1.29 is 18.3 Å². The summed E-state index contributed by atoms with van der Waals surface area (Å²) >= 11 is 0. The fraction of sp³-hybridized carbons (Fsp3) is 0.500. The second-order valence-electron chi connectivity index (χ2n) is 2.90. The molecular formula is C10H14F2N2O2. The zero-order chi connectivity index (χ0) is 12.0. The zero-order valence-corrected chi connectivity index (χ0v) is 9.22. The first-order valence-electron chi connectivity index (χ1n) is 4.93. The van der Waals surface area contributed by atoms with Crippen molar-refractivity contribution in [2.45, 2.75) is 6.92 Å². The van der Waals surface area contributed by atoms with Crippen LogP contribution in [-0.2, 0) is 4.74 Å². The molecule has 16 heavy (non-hydrogen) atoms. The van der Waals surface area contributed by atoms with E-state index in [-0.39, 0.29) is 18.3 Å². The van der Waals surface area contributed by atoms with Gasteiger partial charge in [-0.3, -0.25) is 0 Å². The first kappa shape index (κ1) is 12.6. The molecule has 1 rings (SSSR count). The first-order chi connectivity index (χ1) is 7.69. The number of aromatic nitrogens is 1. The lowest BCUT2D eigenvalue weighted by atomic mass is 10.4. The van der Waals surface area contributed by atoms with Crippen LogP contribution in [0.4, 0.5) is 14.6 Å². The van der Waals surface area contributed by atoms with Crippen LogP contribution in [0, 0.1) is 11.6 Å². The molecule has 90 valence electrons. The highest BCUT2D eigenvalue weighted by molar-refractivity contribution is 5.38. The lowest BCUT2D eigenvalue weighted by Gasteiger charge is -2.08. The first-order valence-corrected chi connectivity index (χ1v) is 4.93. The Hall–Kier alpha value is -1.43. The highest BCUT2D eigenvalue weighted by atomic mass is 19.1. The molecule has 0 spiro atoms. The van der Waals surface area contributed by atoms with Crippen LogP contribution in [0.1, 0.15) is 6.92 Å². The van der Waals surface area contributed by atoms with E-state index < -0.39 is 11.6 Å². The molecule has 0 amide bonds. The fourth-order valence-corrected chi connectivity index (χ4v) is 1.07. The molecule has 1 aromatic heterocycles. The second kappa shape index (κ2) is 6.22. The van der Waals surface area contributed by atoms with Gasteiger partial charge in [-0.05, 0) is 6.92 Å². The number of hydrogen-bond donors (Lipinski definition) is 1. The second-order valence-corrected chi connectivity index (χ2v) is 2.90. The predicted molar refractivity (Wildman–Crippen MR) is 55.7 cm³/mol. The maximum atomic E-state index is 13.2. The van der Waals surface area contributed by atoms with Gasteiger partial charge in [-0.2, -0.15) is 4.98 Å². The molecule has 4 nitrogen and oxygen atoms in total. The minimum atomic E-state index is -0.826. The smallest absolute Gasteiger partial charge is 0.252 e. The van der Waals surface area contributed by atoms with Gasteiger partial charge in [0.1, 0.15) is 6.61 Å². The molecular weight excluding hydrogens is 218 g/mol. The molecule has 0 aliphatic heterocycles. The molecule has 0 aliphatic rings. The maximum absolute atomic E-state index is 13.2. The minimum Gasteiger partial charge on any atom is -0.473 e. The highest BCUT2D eigenvalue weighted by Gasteiger charge is 2.11. The number of rotatable bonds is 6. The van der Waals surface area contributed by atoms with Crippen LogP contribution in [0.3, 0.4) is 0 Å². The molecule has 1 heterocycles. The molecule has 0 fully saturated rings. The molecule has 0 bridgehead atoms. The Balaban J connectivity index is 2.64. The summed E-state index contributed by atoms with van der Waals surface area (Å²) in [5.41, 5.74) is 0. The van der Waals surface area contributed by atoms with Crippen molar-refractivity contribution in [2.24, 2.45) is 0 Å². The van der Waals surface area contributed by atoms with Gasteiger partial charge in [0.2, 0.25) is 0 Å². The normalized spacial score (nSPS) is 10.2. The SMILES string of the molecule is CCOCCOc1nc(NC)c(F)cc1F. The van der Waals surface area contributed by atoms with E-state index in [1.54, 1.807) is 0 Å². The van der Waals surface area contributed by atoms with Gasteiger partial charge >= 0.3 is 0 Å². The van der Waals surface area contributed by atoms with E-state index in [2.05, 4.69) is 10.3 Å². The van der Waals surface area contributed by atoms with Gasteiger partial charge < -0.3 is 14.8 Å². The summed E-state index contributed by atoms with van der Waals surface area (Å²) in [6, 6.07) is 0.731. The summed E-state index contributed by atoms with van der Waals surface area (Å²) in [5, 5.41) is 2.50. The molecule has 0 atom stereocenters. The van der Waals surface area contributed by atoms with E-state index in [9.17, 15) is 8.78 Å². The number of ether oxygens (including phenoxy) is 2. The van der Waals surface area contributed by atoms with Crippen molar-refractivity contribution >= 4 is 5.82 Å². The van der Waals surface area contributed by atoms with Gasteiger partial charge in [0.25, 0.3) is 5.88 Å². The van der Waals surface area contributed by atoms with Gasteiger partial charge in [0.15, 0.2) is 17.5 Å². The largest absolute Gasteiger partial charge is 0.473 e. The van der Waals surface area contributed by atoms with E-state index in [1.165, 1.54) is 7.05 Å². The molecule has 1 N–H and O–H groups in total. The van der Waals surface area contributed by atoms with E-state index in [4.69, 9.17) is 9.47 Å². The van der Waals surface area contributed by atoms with Gasteiger partial charge in [-0.1, -0.05) is 0 Å². The van der Waals surface area contributed by atoms with Crippen molar-refractivity contribution in [1.29, 1.82) is 0 Å². The zero-order valence-electron chi connectivity index (χ0n) is 9.22. The van der Waals surface area contributed by atoms with E-state index in [0.29, 0.717) is 13.2 Å². The van der Waals surface area contributed by atoms with Crippen molar-refractivity contribution in [3.8, 4) is 5.88 Å². The number of nitrogens with zero attached hydrogens (tertiary/aromatic N) is 1. The number of nitrogens with one attached hydrogen (secondary N) is 1. The van der Waals surface area contributed by atoms with Gasteiger partial charge in [0.05, 0.1) is 6.61 Å². The average molecular weight is 232 g/mol. The third kappa shape index (κ3) is 3.30. The lowest BCUT2D eigenvalue weighted by molar-refractivity contribution is 0.106. The van der Waals surface area contributed by atoms with Gasteiger partial charge in [0, 0.05) is 19.7 Å². The number of halogens is 2. The van der Waals surface area contributed by atoms with Gasteiger partial charge in [-0.15, -0.1) is 0 Å². The Labute approximate surface area is 92.6 Å². The summed E-state index contributed by atoms with van der Waals surface area (Å²) in [6.07, 6.45) is 0. The quantitative estimate of drug-likeness (QED) is 0.760. The van der Waals surface area contributed by atoms with Crippen molar-refractivity contribution in [1.82, 2.24) is 4.98 Å². The lowest BCUT2D eigenvalue weighted by Crippen LogP contribution is -2.09. The number of pyridine rings is 1. The fourth-order valence-electron chi connectivity index (χ4n) is 1.07. The average Bonchev–Trinajstić information content (AvgIpc) is 2.27.